The standard InChI is InChI=1S/C21H28O2/c1-2-5-23-20(22)21(12-13-3-4-18(21)11-13)19-16-7-14-6-15(9-16)10-17(19)8-14/h2-4,13-19H,1,5-12H2. The third kappa shape index (κ3) is 1.90. The summed E-state index contributed by atoms with van der Waals surface area (Å²) < 4.78 is 5.70. The van der Waals surface area contributed by atoms with E-state index in [0.29, 0.717) is 24.4 Å². The summed E-state index contributed by atoms with van der Waals surface area (Å²) >= 11 is 0. The third-order valence-electron chi connectivity index (χ3n) is 7.97. The number of hydrogen-bond donors (Lipinski definition) is 0. The van der Waals surface area contributed by atoms with E-state index in [1.165, 1.54) is 38.5 Å². The Hall–Kier alpha value is -1.05. The highest BCUT2D eigenvalue weighted by molar-refractivity contribution is 5.79. The molecule has 3 unspecified atom stereocenters. The fraction of sp³-hybridized carbons (Fsp3) is 0.762. The van der Waals surface area contributed by atoms with Crippen molar-refractivity contribution in [3.63, 3.8) is 0 Å². The Balaban J connectivity index is 1.52. The van der Waals surface area contributed by atoms with Crippen LogP contribution < -0.4 is 0 Å². The molecule has 0 amide bonds. The van der Waals surface area contributed by atoms with Crippen LogP contribution >= 0.6 is 0 Å². The van der Waals surface area contributed by atoms with Crippen molar-refractivity contribution in [2.24, 2.45) is 46.8 Å². The number of ether oxygens (including phenoxy) is 1. The second kappa shape index (κ2) is 4.97. The molecule has 6 aliphatic carbocycles. The SMILES string of the molecule is C=CCOC(=O)C1(C2C3CC4CC(C3)CC2C4)CC2C=CC1C2. The van der Waals surface area contributed by atoms with Crippen LogP contribution in [0.1, 0.15) is 44.9 Å². The van der Waals surface area contributed by atoms with Gasteiger partial charge in [0.1, 0.15) is 6.61 Å². The van der Waals surface area contributed by atoms with E-state index in [-0.39, 0.29) is 11.4 Å². The normalized spacial score (nSPS) is 52.1. The molecule has 0 saturated heterocycles. The van der Waals surface area contributed by atoms with Gasteiger partial charge in [-0.05, 0) is 86.4 Å². The smallest absolute Gasteiger partial charge is 0.313 e. The van der Waals surface area contributed by atoms with Gasteiger partial charge in [-0.3, -0.25) is 4.79 Å². The third-order valence-corrected chi connectivity index (χ3v) is 7.97. The van der Waals surface area contributed by atoms with Crippen LogP contribution in [0.3, 0.4) is 0 Å². The van der Waals surface area contributed by atoms with Gasteiger partial charge in [0.25, 0.3) is 0 Å². The van der Waals surface area contributed by atoms with E-state index in [9.17, 15) is 4.79 Å². The number of carbonyl (C=O) groups excluding carboxylic acids is 1. The lowest BCUT2D eigenvalue weighted by atomic mass is 9.45. The first kappa shape index (κ1) is 14.3. The number of allylic oxidation sites excluding steroid dienone is 2. The molecule has 0 radical (unpaired) electrons. The number of fused-ring (bicyclic) bond motifs is 2. The molecule has 0 aromatic carbocycles. The van der Waals surface area contributed by atoms with E-state index in [0.717, 1.165) is 30.1 Å². The van der Waals surface area contributed by atoms with Crippen molar-refractivity contribution < 1.29 is 9.53 Å². The fourth-order valence-electron chi connectivity index (χ4n) is 7.68. The van der Waals surface area contributed by atoms with Gasteiger partial charge in [-0.15, -0.1) is 0 Å². The highest BCUT2D eigenvalue weighted by atomic mass is 16.5. The van der Waals surface area contributed by atoms with Gasteiger partial charge in [0.2, 0.25) is 0 Å². The van der Waals surface area contributed by atoms with Gasteiger partial charge in [0, 0.05) is 0 Å². The van der Waals surface area contributed by atoms with Crippen molar-refractivity contribution >= 4 is 5.97 Å². The quantitative estimate of drug-likeness (QED) is 0.569. The van der Waals surface area contributed by atoms with Crippen LogP contribution in [-0.4, -0.2) is 12.6 Å². The molecule has 124 valence electrons. The molecule has 5 fully saturated rings. The van der Waals surface area contributed by atoms with Crippen molar-refractivity contribution in [3.05, 3.63) is 24.8 Å². The maximum Gasteiger partial charge on any atom is 0.313 e. The zero-order chi connectivity index (χ0) is 15.6. The second-order valence-electron chi connectivity index (χ2n) is 9.08. The van der Waals surface area contributed by atoms with Crippen LogP contribution in [-0.2, 0) is 9.53 Å². The predicted molar refractivity (Wildman–Crippen MR) is 89.5 cm³/mol. The molecule has 0 aromatic rings. The monoisotopic (exact) mass is 312 g/mol. The largest absolute Gasteiger partial charge is 0.461 e. The van der Waals surface area contributed by atoms with E-state index < -0.39 is 0 Å². The van der Waals surface area contributed by atoms with Crippen LogP contribution in [0.4, 0.5) is 0 Å². The molecule has 2 heteroatoms. The van der Waals surface area contributed by atoms with Crippen molar-refractivity contribution in [2.45, 2.75) is 44.9 Å². The lowest BCUT2D eigenvalue weighted by Gasteiger charge is -2.59. The molecule has 2 nitrogen and oxygen atoms in total. The van der Waals surface area contributed by atoms with Gasteiger partial charge in [0.15, 0.2) is 0 Å². The molecule has 0 heterocycles. The first-order chi connectivity index (χ1) is 11.2. The van der Waals surface area contributed by atoms with Crippen LogP contribution in [0.25, 0.3) is 0 Å². The van der Waals surface area contributed by atoms with E-state index in [4.69, 9.17) is 4.74 Å². The lowest BCUT2D eigenvalue weighted by Crippen LogP contribution is -2.56. The van der Waals surface area contributed by atoms with Crippen molar-refractivity contribution in [1.82, 2.24) is 0 Å². The van der Waals surface area contributed by atoms with Crippen molar-refractivity contribution in [3.8, 4) is 0 Å². The number of carbonyl (C=O) groups is 1. The zero-order valence-electron chi connectivity index (χ0n) is 14.0. The number of esters is 1. The maximum absolute atomic E-state index is 13.2. The first-order valence-corrected chi connectivity index (χ1v) is 9.67. The first-order valence-electron chi connectivity index (χ1n) is 9.67. The van der Waals surface area contributed by atoms with Gasteiger partial charge in [0.05, 0.1) is 5.41 Å². The summed E-state index contributed by atoms with van der Waals surface area (Å²) in [4.78, 5) is 13.2. The Morgan fingerprint density at radius 2 is 1.78 bits per heavy atom. The van der Waals surface area contributed by atoms with Crippen molar-refractivity contribution in [1.29, 1.82) is 0 Å². The van der Waals surface area contributed by atoms with Crippen LogP contribution in [0.2, 0.25) is 0 Å². The van der Waals surface area contributed by atoms with E-state index in [2.05, 4.69) is 18.7 Å². The van der Waals surface area contributed by atoms with E-state index in [1.807, 2.05) is 0 Å². The summed E-state index contributed by atoms with van der Waals surface area (Å²) in [5.74, 6) is 5.25. The summed E-state index contributed by atoms with van der Waals surface area (Å²) in [6.45, 7) is 4.09. The Kier molecular flexibility index (Phi) is 3.09. The summed E-state index contributed by atoms with van der Waals surface area (Å²) in [6, 6.07) is 0. The van der Waals surface area contributed by atoms with E-state index in [1.54, 1.807) is 6.08 Å². The van der Waals surface area contributed by atoms with Gasteiger partial charge < -0.3 is 4.74 Å². The summed E-state index contributed by atoms with van der Waals surface area (Å²) in [7, 11) is 0. The molecule has 0 spiro atoms. The average molecular weight is 312 g/mol. The van der Waals surface area contributed by atoms with Crippen LogP contribution in [0.15, 0.2) is 24.8 Å². The summed E-state index contributed by atoms with van der Waals surface area (Å²) in [6.07, 6.45) is 15.7. The molecule has 0 aliphatic heterocycles. The Morgan fingerprint density at radius 1 is 1.09 bits per heavy atom. The topological polar surface area (TPSA) is 26.3 Å². The molecule has 6 bridgehead atoms. The molecule has 5 saturated carbocycles. The van der Waals surface area contributed by atoms with Crippen LogP contribution in [0, 0.1) is 46.8 Å². The van der Waals surface area contributed by atoms with Crippen LogP contribution in [0.5, 0.6) is 0 Å². The predicted octanol–water partition coefficient (Wildman–Crippen LogP) is 4.37. The molecule has 0 N–H and O–H groups in total. The van der Waals surface area contributed by atoms with Gasteiger partial charge in [-0.25, -0.2) is 0 Å². The summed E-state index contributed by atoms with van der Waals surface area (Å²) in [5.41, 5.74) is -0.203. The molecule has 0 aromatic heterocycles. The minimum Gasteiger partial charge on any atom is -0.461 e. The zero-order valence-corrected chi connectivity index (χ0v) is 14.0. The molecular weight excluding hydrogens is 284 g/mol. The minimum absolute atomic E-state index is 0.103. The average Bonchev–Trinajstić information content (AvgIpc) is 3.13. The van der Waals surface area contributed by atoms with E-state index >= 15 is 0 Å². The highest BCUT2D eigenvalue weighted by Gasteiger charge is 2.64. The maximum atomic E-state index is 13.2. The number of rotatable bonds is 4. The van der Waals surface area contributed by atoms with Gasteiger partial charge in [-0.2, -0.15) is 0 Å². The van der Waals surface area contributed by atoms with Gasteiger partial charge in [-0.1, -0.05) is 24.8 Å². The minimum atomic E-state index is -0.203. The van der Waals surface area contributed by atoms with Gasteiger partial charge >= 0.3 is 5.97 Å². The second-order valence-corrected chi connectivity index (χ2v) is 9.08. The molecule has 6 aliphatic rings. The Labute approximate surface area is 139 Å². The molecule has 6 rings (SSSR count). The molecule has 3 atom stereocenters. The molecule has 23 heavy (non-hydrogen) atoms. The van der Waals surface area contributed by atoms with Crippen molar-refractivity contribution in [2.75, 3.05) is 6.61 Å². The Morgan fingerprint density at radius 3 is 2.30 bits per heavy atom. The number of hydrogen-bond acceptors (Lipinski definition) is 2. The fourth-order valence-corrected chi connectivity index (χ4v) is 7.68. The highest BCUT2D eigenvalue weighted by Crippen LogP contribution is 2.67. The summed E-state index contributed by atoms with van der Waals surface area (Å²) in [5, 5.41) is 0. The Bertz CT molecular complexity index is 534. The lowest BCUT2D eigenvalue weighted by molar-refractivity contribution is -0.176. The molecular formula is C21H28O2.